The van der Waals surface area contributed by atoms with Crippen LogP contribution in [0.15, 0.2) is 79.0 Å². The molecule has 0 atom stereocenters. The number of urea groups is 1. The van der Waals surface area contributed by atoms with Gasteiger partial charge in [0.2, 0.25) is 5.91 Å². The SMILES string of the molecule is Cc1ccc(NC(=O)Nc2ccccc2)cc1NC(=O)Cc1cn(C)c2ccccc12. The van der Waals surface area contributed by atoms with Gasteiger partial charge in [0.15, 0.2) is 0 Å². The van der Waals surface area contributed by atoms with Crippen molar-refractivity contribution in [3.05, 3.63) is 90.1 Å². The molecule has 156 valence electrons. The van der Waals surface area contributed by atoms with Crippen molar-refractivity contribution >= 4 is 39.9 Å². The van der Waals surface area contributed by atoms with Gasteiger partial charge in [0.1, 0.15) is 0 Å². The summed E-state index contributed by atoms with van der Waals surface area (Å²) >= 11 is 0. The van der Waals surface area contributed by atoms with Crippen molar-refractivity contribution in [1.82, 2.24) is 4.57 Å². The van der Waals surface area contributed by atoms with Gasteiger partial charge in [-0.05, 0) is 48.4 Å². The molecule has 0 aliphatic rings. The van der Waals surface area contributed by atoms with Crippen LogP contribution < -0.4 is 16.0 Å². The molecule has 6 nitrogen and oxygen atoms in total. The Morgan fingerprint density at radius 3 is 2.35 bits per heavy atom. The highest BCUT2D eigenvalue weighted by Gasteiger charge is 2.12. The minimum absolute atomic E-state index is 0.106. The zero-order chi connectivity index (χ0) is 21.8. The summed E-state index contributed by atoms with van der Waals surface area (Å²) in [5.74, 6) is -0.106. The minimum Gasteiger partial charge on any atom is -0.350 e. The highest BCUT2D eigenvalue weighted by Crippen LogP contribution is 2.23. The Morgan fingerprint density at radius 2 is 1.55 bits per heavy atom. The molecule has 31 heavy (non-hydrogen) atoms. The number of nitrogens with one attached hydrogen (secondary N) is 3. The van der Waals surface area contributed by atoms with Gasteiger partial charge in [-0.2, -0.15) is 0 Å². The van der Waals surface area contributed by atoms with Crippen LogP contribution in [-0.4, -0.2) is 16.5 Å². The van der Waals surface area contributed by atoms with Gasteiger partial charge in [-0.3, -0.25) is 4.79 Å². The van der Waals surface area contributed by atoms with Crippen LogP contribution in [0.5, 0.6) is 0 Å². The summed E-state index contributed by atoms with van der Waals surface area (Å²) in [6, 6.07) is 22.3. The van der Waals surface area contributed by atoms with Gasteiger partial charge in [-0.15, -0.1) is 0 Å². The molecule has 0 radical (unpaired) electrons. The molecular formula is C25H24N4O2. The maximum absolute atomic E-state index is 12.7. The molecule has 0 aliphatic heterocycles. The quantitative estimate of drug-likeness (QED) is 0.415. The van der Waals surface area contributed by atoms with E-state index in [9.17, 15) is 9.59 Å². The fraction of sp³-hybridized carbons (Fsp3) is 0.120. The molecule has 3 aromatic carbocycles. The lowest BCUT2D eigenvalue weighted by Crippen LogP contribution is -2.20. The van der Waals surface area contributed by atoms with Crippen molar-refractivity contribution < 1.29 is 9.59 Å². The molecule has 0 saturated heterocycles. The fourth-order valence-electron chi connectivity index (χ4n) is 3.58. The van der Waals surface area contributed by atoms with E-state index in [1.54, 1.807) is 12.1 Å². The van der Waals surface area contributed by atoms with Crippen molar-refractivity contribution in [3.63, 3.8) is 0 Å². The Morgan fingerprint density at radius 1 is 0.839 bits per heavy atom. The monoisotopic (exact) mass is 412 g/mol. The predicted molar refractivity (Wildman–Crippen MR) is 126 cm³/mol. The van der Waals surface area contributed by atoms with Gasteiger partial charge in [-0.1, -0.05) is 42.5 Å². The minimum atomic E-state index is -0.344. The summed E-state index contributed by atoms with van der Waals surface area (Å²) in [5.41, 5.74) is 4.96. The number of nitrogens with zero attached hydrogens (tertiary/aromatic N) is 1. The third-order valence-corrected chi connectivity index (χ3v) is 5.13. The number of amides is 3. The van der Waals surface area contributed by atoms with E-state index in [4.69, 9.17) is 0 Å². The normalized spacial score (nSPS) is 10.6. The van der Waals surface area contributed by atoms with E-state index in [0.29, 0.717) is 17.1 Å². The van der Waals surface area contributed by atoms with E-state index >= 15 is 0 Å². The van der Waals surface area contributed by atoms with Crippen molar-refractivity contribution in [2.24, 2.45) is 7.05 Å². The molecule has 0 bridgehead atoms. The number of hydrogen-bond acceptors (Lipinski definition) is 2. The molecule has 3 N–H and O–H groups in total. The molecule has 4 rings (SSSR count). The Bertz CT molecular complexity index is 1250. The lowest BCUT2D eigenvalue weighted by atomic mass is 10.1. The van der Waals surface area contributed by atoms with Crippen LogP contribution in [0.2, 0.25) is 0 Å². The molecule has 0 saturated carbocycles. The largest absolute Gasteiger partial charge is 0.350 e. The highest BCUT2D eigenvalue weighted by atomic mass is 16.2. The third-order valence-electron chi connectivity index (χ3n) is 5.13. The van der Waals surface area contributed by atoms with Crippen LogP contribution in [0, 0.1) is 6.92 Å². The molecule has 0 spiro atoms. The van der Waals surface area contributed by atoms with Crippen LogP contribution in [0.4, 0.5) is 21.9 Å². The number of aryl methyl sites for hydroxylation is 2. The third kappa shape index (κ3) is 4.75. The lowest BCUT2D eigenvalue weighted by molar-refractivity contribution is -0.115. The van der Waals surface area contributed by atoms with Crippen LogP contribution in [-0.2, 0) is 18.3 Å². The number of rotatable bonds is 5. The van der Waals surface area contributed by atoms with Crippen molar-refractivity contribution in [2.75, 3.05) is 16.0 Å². The number of hydrogen-bond donors (Lipinski definition) is 3. The highest BCUT2D eigenvalue weighted by molar-refractivity contribution is 6.01. The van der Waals surface area contributed by atoms with Crippen molar-refractivity contribution in [2.45, 2.75) is 13.3 Å². The van der Waals surface area contributed by atoms with Crippen LogP contribution >= 0.6 is 0 Å². The maximum Gasteiger partial charge on any atom is 0.323 e. The molecule has 0 fully saturated rings. The van der Waals surface area contributed by atoms with Crippen LogP contribution in [0.25, 0.3) is 10.9 Å². The summed E-state index contributed by atoms with van der Waals surface area (Å²) in [6.07, 6.45) is 2.26. The van der Waals surface area contributed by atoms with Gasteiger partial charge in [0.25, 0.3) is 0 Å². The van der Waals surface area contributed by atoms with E-state index in [1.165, 1.54) is 0 Å². The number of aromatic nitrogens is 1. The first kappa shape index (κ1) is 20.2. The average Bonchev–Trinajstić information content (AvgIpc) is 3.06. The zero-order valence-corrected chi connectivity index (χ0v) is 17.5. The molecule has 0 unspecified atom stereocenters. The van der Waals surface area contributed by atoms with Crippen molar-refractivity contribution in [1.29, 1.82) is 0 Å². The summed E-state index contributed by atoms with van der Waals surface area (Å²) in [5, 5.41) is 9.63. The molecule has 4 aromatic rings. The first-order chi connectivity index (χ1) is 15.0. The number of para-hydroxylation sites is 2. The average molecular weight is 412 g/mol. The Labute approximate surface area is 180 Å². The van der Waals surface area contributed by atoms with Gasteiger partial charge < -0.3 is 20.5 Å². The number of anilines is 3. The van der Waals surface area contributed by atoms with Gasteiger partial charge in [-0.25, -0.2) is 4.79 Å². The topological polar surface area (TPSA) is 75.2 Å². The number of carbonyl (C=O) groups is 2. The van der Waals surface area contributed by atoms with Crippen LogP contribution in [0.3, 0.4) is 0 Å². The van der Waals surface area contributed by atoms with E-state index in [-0.39, 0.29) is 18.4 Å². The van der Waals surface area contributed by atoms with Crippen molar-refractivity contribution in [3.8, 4) is 0 Å². The molecule has 1 heterocycles. The second kappa shape index (κ2) is 8.75. The number of fused-ring (bicyclic) bond motifs is 1. The Hall–Kier alpha value is -4.06. The maximum atomic E-state index is 12.7. The summed E-state index contributed by atoms with van der Waals surface area (Å²) in [6.45, 7) is 1.92. The van der Waals surface area contributed by atoms with E-state index in [1.807, 2.05) is 85.4 Å². The number of benzene rings is 3. The van der Waals surface area contributed by atoms with E-state index in [2.05, 4.69) is 16.0 Å². The second-order valence-electron chi connectivity index (χ2n) is 7.48. The first-order valence-corrected chi connectivity index (χ1v) is 10.1. The number of carbonyl (C=O) groups excluding carboxylic acids is 2. The van der Waals surface area contributed by atoms with Gasteiger partial charge in [0.05, 0.1) is 6.42 Å². The second-order valence-corrected chi connectivity index (χ2v) is 7.48. The molecule has 6 heteroatoms. The molecular weight excluding hydrogens is 388 g/mol. The summed E-state index contributed by atoms with van der Waals surface area (Å²) in [4.78, 5) is 25.0. The standard InChI is InChI=1S/C25H24N4O2/c1-17-12-13-20(27-25(31)26-19-8-4-3-5-9-19)15-22(17)28-24(30)14-18-16-29(2)23-11-7-6-10-21(18)23/h3-13,15-16H,14H2,1-2H3,(H,28,30)(H2,26,27,31). The summed E-state index contributed by atoms with van der Waals surface area (Å²) < 4.78 is 2.03. The fourth-order valence-corrected chi connectivity index (χ4v) is 3.58. The molecule has 1 aromatic heterocycles. The molecule has 3 amide bonds. The smallest absolute Gasteiger partial charge is 0.323 e. The van der Waals surface area contributed by atoms with E-state index < -0.39 is 0 Å². The van der Waals surface area contributed by atoms with Gasteiger partial charge >= 0.3 is 6.03 Å². The zero-order valence-electron chi connectivity index (χ0n) is 17.5. The lowest BCUT2D eigenvalue weighted by Gasteiger charge is -2.12. The predicted octanol–water partition coefficient (Wildman–Crippen LogP) is 5.31. The molecule has 0 aliphatic carbocycles. The van der Waals surface area contributed by atoms with Crippen LogP contribution in [0.1, 0.15) is 11.1 Å². The Balaban J connectivity index is 1.44. The van der Waals surface area contributed by atoms with E-state index in [0.717, 1.165) is 22.0 Å². The Kier molecular flexibility index (Phi) is 5.71. The first-order valence-electron chi connectivity index (χ1n) is 10.1. The van der Waals surface area contributed by atoms with Gasteiger partial charge in [0, 0.05) is 41.2 Å². The summed E-state index contributed by atoms with van der Waals surface area (Å²) in [7, 11) is 1.98.